The molecule has 0 spiro atoms. The summed E-state index contributed by atoms with van der Waals surface area (Å²) < 4.78 is 37.7. The molecule has 0 aliphatic carbocycles. The largest absolute Gasteiger partial charge is 0.726 e. The lowest BCUT2D eigenvalue weighted by atomic mass is 9.82. The smallest absolute Gasteiger partial charge is 0.217 e. The summed E-state index contributed by atoms with van der Waals surface area (Å²) in [6.07, 6.45) is 0. The Morgan fingerprint density at radius 1 is 1.32 bits per heavy atom. The highest BCUT2D eigenvalue weighted by Gasteiger charge is 2.42. The fourth-order valence-electron chi connectivity index (χ4n) is 2.47. The van der Waals surface area contributed by atoms with E-state index in [1.807, 2.05) is 29.7 Å². The maximum atomic E-state index is 10.5. The predicted molar refractivity (Wildman–Crippen MR) is 70.6 cm³/mol. The van der Waals surface area contributed by atoms with E-state index in [9.17, 15) is 13.0 Å². The second-order valence-corrected chi connectivity index (χ2v) is 6.16. The number of para-hydroxylation sites is 1. The van der Waals surface area contributed by atoms with E-state index in [1.54, 1.807) is 0 Å². The van der Waals surface area contributed by atoms with E-state index in [4.69, 9.17) is 0 Å². The average Bonchev–Trinajstić information content (AvgIpc) is 2.50. The maximum absolute atomic E-state index is 10.5. The molecule has 1 aromatic carbocycles. The van der Waals surface area contributed by atoms with Crippen LogP contribution in [0, 0.1) is 0 Å². The Bertz CT molecular complexity index is 632. The van der Waals surface area contributed by atoms with Gasteiger partial charge >= 0.3 is 0 Å². The van der Waals surface area contributed by atoms with Crippen molar-refractivity contribution in [3.63, 3.8) is 0 Å². The van der Waals surface area contributed by atoms with E-state index in [0.29, 0.717) is 6.54 Å². The van der Waals surface area contributed by atoms with E-state index >= 15 is 0 Å². The molecule has 0 N–H and O–H groups in total. The Hall–Kier alpha value is -1.24. The molecule has 5 nitrogen and oxygen atoms in total. The summed E-state index contributed by atoms with van der Waals surface area (Å²) in [7, 11) is -4.63. The SMILES string of the molecule is CC1=[N+](CCOS(=O)(=O)[O-])c2ccccc2C1(C)C. The van der Waals surface area contributed by atoms with Gasteiger partial charge in [0.15, 0.2) is 12.3 Å². The van der Waals surface area contributed by atoms with Crippen molar-refractivity contribution in [1.29, 1.82) is 0 Å². The van der Waals surface area contributed by atoms with E-state index in [0.717, 1.165) is 11.4 Å². The highest BCUT2D eigenvalue weighted by Crippen LogP contribution is 2.38. The first kappa shape index (κ1) is 14.2. The van der Waals surface area contributed by atoms with Gasteiger partial charge in [-0.3, -0.25) is 4.18 Å². The highest BCUT2D eigenvalue weighted by atomic mass is 32.3. The van der Waals surface area contributed by atoms with Crippen molar-refractivity contribution in [2.24, 2.45) is 0 Å². The molecular formula is C13H17NO4S. The number of nitrogens with zero attached hydrogens (tertiary/aromatic N) is 1. The van der Waals surface area contributed by atoms with Gasteiger partial charge in [-0.25, -0.2) is 8.42 Å². The lowest BCUT2D eigenvalue weighted by molar-refractivity contribution is -0.441. The van der Waals surface area contributed by atoms with Crippen LogP contribution in [-0.2, 0) is 20.0 Å². The summed E-state index contributed by atoms with van der Waals surface area (Å²) in [5, 5.41) is 0. The summed E-state index contributed by atoms with van der Waals surface area (Å²) >= 11 is 0. The van der Waals surface area contributed by atoms with Crippen LogP contribution in [0.5, 0.6) is 0 Å². The first-order valence-electron chi connectivity index (χ1n) is 6.05. The van der Waals surface area contributed by atoms with Gasteiger partial charge in [0, 0.05) is 18.6 Å². The van der Waals surface area contributed by atoms with Crippen LogP contribution < -0.4 is 0 Å². The molecule has 1 aliphatic heterocycles. The number of fused-ring (bicyclic) bond motifs is 1. The van der Waals surface area contributed by atoms with Crippen molar-refractivity contribution in [3.8, 4) is 0 Å². The monoisotopic (exact) mass is 283 g/mol. The summed E-state index contributed by atoms with van der Waals surface area (Å²) in [5.41, 5.74) is 3.24. The van der Waals surface area contributed by atoms with Gasteiger partial charge in [0.25, 0.3) is 0 Å². The Kier molecular flexibility index (Phi) is 3.51. The van der Waals surface area contributed by atoms with Crippen molar-refractivity contribution in [3.05, 3.63) is 29.8 Å². The van der Waals surface area contributed by atoms with Crippen LogP contribution in [0.1, 0.15) is 26.3 Å². The second kappa shape index (κ2) is 4.70. The zero-order chi connectivity index (χ0) is 14.3. The number of hydrogen-bond donors (Lipinski definition) is 0. The van der Waals surface area contributed by atoms with Crippen molar-refractivity contribution in [2.75, 3.05) is 13.2 Å². The molecular weight excluding hydrogens is 266 g/mol. The zero-order valence-corrected chi connectivity index (χ0v) is 12.0. The minimum atomic E-state index is -4.63. The lowest BCUT2D eigenvalue weighted by Gasteiger charge is -2.14. The number of hydrogen-bond acceptors (Lipinski definition) is 4. The molecule has 1 aliphatic rings. The molecule has 6 heteroatoms. The normalized spacial score (nSPS) is 17.7. The zero-order valence-electron chi connectivity index (χ0n) is 11.2. The molecule has 0 radical (unpaired) electrons. The molecule has 104 valence electrons. The van der Waals surface area contributed by atoms with Crippen molar-refractivity contribution >= 4 is 21.8 Å². The van der Waals surface area contributed by atoms with E-state index in [2.05, 4.69) is 24.1 Å². The predicted octanol–water partition coefficient (Wildman–Crippen LogP) is 1.56. The highest BCUT2D eigenvalue weighted by molar-refractivity contribution is 7.80. The quantitative estimate of drug-likeness (QED) is 0.478. The Balaban J connectivity index is 2.27. The standard InChI is InChI=1S/C13H17NO4S/c1-10-13(2,3)11-6-4-5-7-12(11)14(10)8-9-18-19(15,16)17/h4-7H,8-9H2,1-3H3. The summed E-state index contributed by atoms with van der Waals surface area (Å²) in [5.74, 6) is 0. The third kappa shape index (κ3) is 2.70. The molecule has 0 atom stereocenters. The van der Waals surface area contributed by atoms with Crippen molar-refractivity contribution in [1.82, 2.24) is 0 Å². The molecule has 2 rings (SSSR count). The molecule has 0 fully saturated rings. The molecule has 1 aromatic rings. The number of benzene rings is 1. The Morgan fingerprint density at radius 3 is 2.58 bits per heavy atom. The summed E-state index contributed by atoms with van der Waals surface area (Å²) in [6, 6.07) is 7.96. The molecule has 0 saturated heterocycles. The number of rotatable bonds is 4. The second-order valence-electron chi connectivity index (χ2n) is 5.11. The van der Waals surface area contributed by atoms with Crippen LogP contribution in [0.15, 0.2) is 24.3 Å². The van der Waals surface area contributed by atoms with Crippen molar-refractivity contribution in [2.45, 2.75) is 26.2 Å². The molecule has 19 heavy (non-hydrogen) atoms. The molecule has 0 aromatic heterocycles. The van der Waals surface area contributed by atoms with E-state index in [1.165, 1.54) is 5.56 Å². The molecule has 0 unspecified atom stereocenters. The fraction of sp³-hybridized carbons (Fsp3) is 0.462. The van der Waals surface area contributed by atoms with E-state index in [-0.39, 0.29) is 12.0 Å². The first-order valence-corrected chi connectivity index (χ1v) is 7.38. The van der Waals surface area contributed by atoms with Gasteiger partial charge < -0.3 is 4.55 Å². The van der Waals surface area contributed by atoms with Crippen LogP contribution in [0.2, 0.25) is 0 Å². The topological polar surface area (TPSA) is 69.4 Å². The minimum absolute atomic E-state index is 0.104. The van der Waals surface area contributed by atoms with Gasteiger partial charge in [-0.1, -0.05) is 18.2 Å². The van der Waals surface area contributed by atoms with Crippen LogP contribution >= 0.6 is 0 Å². The average molecular weight is 283 g/mol. The molecule has 1 heterocycles. The fourth-order valence-corrected chi connectivity index (χ4v) is 2.75. The Morgan fingerprint density at radius 2 is 1.95 bits per heavy atom. The van der Waals surface area contributed by atoms with Gasteiger partial charge in [-0.05, 0) is 13.8 Å². The van der Waals surface area contributed by atoms with Crippen molar-refractivity contribution < 1.29 is 21.7 Å². The van der Waals surface area contributed by atoms with Gasteiger partial charge in [-0.15, -0.1) is 0 Å². The van der Waals surface area contributed by atoms with Gasteiger partial charge in [0.1, 0.15) is 6.61 Å². The summed E-state index contributed by atoms with van der Waals surface area (Å²) in [6.45, 7) is 6.44. The minimum Gasteiger partial charge on any atom is -0.726 e. The third-order valence-electron chi connectivity index (χ3n) is 3.72. The van der Waals surface area contributed by atoms with Gasteiger partial charge in [0.2, 0.25) is 16.1 Å². The van der Waals surface area contributed by atoms with Crippen LogP contribution in [0.3, 0.4) is 0 Å². The third-order valence-corrected chi connectivity index (χ3v) is 4.18. The van der Waals surface area contributed by atoms with Gasteiger partial charge in [0.05, 0.1) is 5.41 Å². The molecule has 0 saturated carbocycles. The lowest BCUT2D eigenvalue weighted by Crippen LogP contribution is -2.27. The van der Waals surface area contributed by atoms with Gasteiger partial charge in [-0.2, -0.15) is 4.58 Å². The molecule has 0 bridgehead atoms. The van der Waals surface area contributed by atoms with Crippen LogP contribution in [0.4, 0.5) is 5.69 Å². The van der Waals surface area contributed by atoms with E-state index < -0.39 is 10.4 Å². The first-order chi connectivity index (χ1) is 8.73. The molecule has 0 amide bonds. The Labute approximate surface area is 113 Å². The summed E-state index contributed by atoms with van der Waals surface area (Å²) in [4.78, 5) is 0. The maximum Gasteiger partial charge on any atom is 0.217 e. The van der Waals surface area contributed by atoms with Crippen LogP contribution in [-0.4, -0.2) is 36.4 Å². The van der Waals surface area contributed by atoms with Crippen LogP contribution in [0.25, 0.3) is 0 Å².